The van der Waals surface area contributed by atoms with Crippen molar-refractivity contribution in [1.29, 1.82) is 0 Å². The summed E-state index contributed by atoms with van der Waals surface area (Å²) >= 11 is 3.32. The Morgan fingerprint density at radius 3 is 2.52 bits per heavy atom. The van der Waals surface area contributed by atoms with Gasteiger partial charge < -0.3 is 10.6 Å². The average molecular weight is 410 g/mol. The minimum absolute atomic E-state index is 0.286. The van der Waals surface area contributed by atoms with E-state index in [0.29, 0.717) is 12.1 Å². The van der Waals surface area contributed by atoms with E-state index in [1.165, 1.54) is 0 Å². The number of amides is 4. The second kappa shape index (κ2) is 8.47. The van der Waals surface area contributed by atoms with Gasteiger partial charge >= 0.3 is 6.03 Å². The Bertz CT molecular complexity index is 647. The smallest absolute Gasteiger partial charge is 0.325 e. The number of halogens is 1. The van der Waals surface area contributed by atoms with Crippen LogP contribution < -0.4 is 10.6 Å². The molecule has 136 valence electrons. The Hall–Kier alpha value is -1.89. The summed E-state index contributed by atoms with van der Waals surface area (Å²) in [6.07, 6.45) is 4.70. The molecule has 0 aromatic heterocycles. The van der Waals surface area contributed by atoms with Crippen molar-refractivity contribution < 1.29 is 14.4 Å². The monoisotopic (exact) mass is 409 g/mol. The number of imide groups is 1. The second-order valence-corrected chi connectivity index (χ2v) is 7.43. The van der Waals surface area contributed by atoms with Crippen molar-refractivity contribution in [2.75, 3.05) is 11.9 Å². The second-order valence-electron chi connectivity index (χ2n) is 6.52. The van der Waals surface area contributed by atoms with Gasteiger partial charge in [-0.15, -0.1) is 0 Å². The van der Waals surface area contributed by atoms with Gasteiger partial charge in [-0.1, -0.05) is 48.5 Å². The lowest BCUT2D eigenvalue weighted by atomic mass is 9.94. The highest BCUT2D eigenvalue weighted by molar-refractivity contribution is 9.10. The summed E-state index contributed by atoms with van der Waals surface area (Å²) in [5.74, 6) is -0.735. The molecule has 1 saturated heterocycles. The Labute approximate surface area is 156 Å². The van der Waals surface area contributed by atoms with Gasteiger partial charge in [0.2, 0.25) is 5.91 Å². The molecule has 1 aromatic rings. The lowest BCUT2D eigenvalue weighted by Gasteiger charge is -2.21. The van der Waals surface area contributed by atoms with Crippen molar-refractivity contribution >= 4 is 39.5 Å². The van der Waals surface area contributed by atoms with Crippen LogP contribution in [0.2, 0.25) is 0 Å². The van der Waals surface area contributed by atoms with Crippen molar-refractivity contribution in [2.24, 2.45) is 0 Å². The quantitative estimate of drug-likeness (QED) is 0.507. The summed E-state index contributed by atoms with van der Waals surface area (Å²) in [6.45, 7) is 3.56. The summed E-state index contributed by atoms with van der Waals surface area (Å²) in [7, 11) is 0. The first-order chi connectivity index (χ1) is 11.9. The highest BCUT2D eigenvalue weighted by atomic mass is 79.9. The third-order valence-electron chi connectivity index (χ3n) is 4.31. The maximum absolute atomic E-state index is 12.6. The van der Waals surface area contributed by atoms with Crippen LogP contribution >= 0.6 is 15.9 Å². The standard InChI is InChI=1S/C18H24BrN3O3/c1-3-4-5-6-11-18(2)16(24)22(17(25)21-18)12-15(23)20-14-9-7-13(19)8-10-14/h7-10H,3-6,11-12H2,1-2H3,(H,20,23)(H,21,25)/t18-/m0/s1. The Kier molecular flexibility index (Phi) is 6.58. The number of nitrogens with one attached hydrogen (secondary N) is 2. The van der Waals surface area contributed by atoms with E-state index in [-0.39, 0.29) is 12.5 Å². The number of carbonyl (C=O) groups is 3. The van der Waals surface area contributed by atoms with Crippen LogP contribution in [0.25, 0.3) is 0 Å². The summed E-state index contributed by atoms with van der Waals surface area (Å²) in [5, 5.41) is 5.43. The zero-order valence-electron chi connectivity index (χ0n) is 14.6. The molecule has 0 radical (unpaired) electrons. The Balaban J connectivity index is 1.92. The third kappa shape index (κ3) is 5.04. The number of carbonyl (C=O) groups excluding carboxylic acids is 3. The summed E-state index contributed by atoms with van der Waals surface area (Å²) in [4.78, 5) is 37.9. The summed E-state index contributed by atoms with van der Waals surface area (Å²) < 4.78 is 0.901. The first-order valence-electron chi connectivity index (χ1n) is 8.55. The number of rotatable bonds is 8. The van der Waals surface area contributed by atoms with Gasteiger partial charge in [-0.25, -0.2) is 4.79 Å². The highest BCUT2D eigenvalue weighted by Gasteiger charge is 2.47. The molecule has 2 N–H and O–H groups in total. The number of anilines is 1. The van der Waals surface area contributed by atoms with E-state index in [9.17, 15) is 14.4 Å². The fourth-order valence-corrected chi connectivity index (χ4v) is 3.11. The van der Waals surface area contributed by atoms with E-state index in [1.807, 2.05) is 0 Å². The van der Waals surface area contributed by atoms with E-state index in [0.717, 1.165) is 35.1 Å². The molecule has 7 heteroatoms. The van der Waals surface area contributed by atoms with Crippen LogP contribution in [0.1, 0.15) is 46.0 Å². The molecule has 1 fully saturated rings. The van der Waals surface area contributed by atoms with E-state index in [4.69, 9.17) is 0 Å². The lowest BCUT2D eigenvalue weighted by Crippen LogP contribution is -2.44. The van der Waals surface area contributed by atoms with Crippen LogP contribution in [0.4, 0.5) is 10.5 Å². The van der Waals surface area contributed by atoms with Gasteiger partial charge in [0, 0.05) is 10.2 Å². The van der Waals surface area contributed by atoms with Crippen molar-refractivity contribution in [2.45, 2.75) is 51.5 Å². The first kappa shape index (κ1) is 19.4. The molecule has 25 heavy (non-hydrogen) atoms. The third-order valence-corrected chi connectivity index (χ3v) is 4.83. The molecule has 1 aromatic carbocycles. The molecular formula is C18H24BrN3O3. The van der Waals surface area contributed by atoms with Crippen molar-refractivity contribution in [3.63, 3.8) is 0 Å². The molecular weight excluding hydrogens is 386 g/mol. The topological polar surface area (TPSA) is 78.5 Å². The van der Waals surface area contributed by atoms with Crippen LogP contribution in [0.5, 0.6) is 0 Å². The van der Waals surface area contributed by atoms with E-state index in [2.05, 4.69) is 33.5 Å². The molecule has 1 aliphatic rings. The minimum Gasteiger partial charge on any atom is -0.325 e. The zero-order chi connectivity index (χ0) is 18.4. The fourth-order valence-electron chi connectivity index (χ4n) is 2.84. The van der Waals surface area contributed by atoms with Crippen LogP contribution in [0, 0.1) is 0 Å². The van der Waals surface area contributed by atoms with E-state index >= 15 is 0 Å². The molecule has 0 spiro atoms. The maximum atomic E-state index is 12.6. The molecule has 1 atom stereocenters. The van der Waals surface area contributed by atoms with Crippen molar-refractivity contribution in [3.8, 4) is 0 Å². The van der Waals surface area contributed by atoms with Crippen LogP contribution in [-0.2, 0) is 9.59 Å². The van der Waals surface area contributed by atoms with Gasteiger partial charge in [-0.2, -0.15) is 0 Å². The highest BCUT2D eigenvalue weighted by Crippen LogP contribution is 2.24. The molecule has 1 heterocycles. The van der Waals surface area contributed by atoms with Crippen LogP contribution in [0.15, 0.2) is 28.7 Å². The number of unbranched alkanes of at least 4 members (excludes halogenated alkanes) is 3. The number of hydrogen-bond acceptors (Lipinski definition) is 3. The zero-order valence-corrected chi connectivity index (χ0v) is 16.2. The van der Waals surface area contributed by atoms with Gasteiger partial charge in [0.1, 0.15) is 12.1 Å². The van der Waals surface area contributed by atoms with E-state index in [1.54, 1.807) is 31.2 Å². The van der Waals surface area contributed by atoms with Gasteiger partial charge in [-0.05, 0) is 37.6 Å². The lowest BCUT2D eigenvalue weighted by molar-refractivity contribution is -0.133. The number of benzene rings is 1. The predicted octanol–water partition coefficient (Wildman–Crippen LogP) is 3.67. The molecule has 6 nitrogen and oxygen atoms in total. The molecule has 0 aliphatic carbocycles. The largest absolute Gasteiger partial charge is 0.325 e. The van der Waals surface area contributed by atoms with Gasteiger partial charge in [0.05, 0.1) is 0 Å². The minimum atomic E-state index is -0.914. The fraction of sp³-hybridized carbons (Fsp3) is 0.500. The SMILES string of the molecule is CCCCCC[C@]1(C)NC(=O)N(CC(=O)Nc2ccc(Br)cc2)C1=O. The Morgan fingerprint density at radius 2 is 1.88 bits per heavy atom. The number of hydrogen-bond donors (Lipinski definition) is 2. The molecule has 4 amide bonds. The van der Waals surface area contributed by atoms with Crippen molar-refractivity contribution in [1.82, 2.24) is 10.2 Å². The molecule has 0 saturated carbocycles. The molecule has 0 bridgehead atoms. The number of urea groups is 1. The summed E-state index contributed by atoms with van der Waals surface area (Å²) in [5.41, 5.74) is -0.300. The normalized spacial score (nSPS) is 19.9. The van der Waals surface area contributed by atoms with Gasteiger partial charge in [-0.3, -0.25) is 14.5 Å². The first-order valence-corrected chi connectivity index (χ1v) is 9.34. The van der Waals surface area contributed by atoms with Crippen LogP contribution in [-0.4, -0.2) is 34.8 Å². The van der Waals surface area contributed by atoms with Crippen molar-refractivity contribution in [3.05, 3.63) is 28.7 Å². The maximum Gasteiger partial charge on any atom is 0.325 e. The molecule has 1 aliphatic heterocycles. The van der Waals surface area contributed by atoms with Crippen LogP contribution in [0.3, 0.4) is 0 Å². The molecule has 0 unspecified atom stereocenters. The Morgan fingerprint density at radius 1 is 1.20 bits per heavy atom. The predicted molar refractivity (Wildman–Crippen MR) is 100 cm³/mol. The average Bonchev–Trinajstić information content (AvgIpc) is 2.77. The molecule has 2 rings (SSSR count). The van der Waals surface area contributed by atoms with E-state index < -0.39 is 17.5 Å². The summed E-state index contributed by atoms with van der Waals surface area (Å²) in [6, 6.07) is 6.58. The number of nitrogens with zero attached hydrogens (tertiary/aromatic N) is 1. The van der Waals surface area contributed by atoms with Gasteiger partial charge in [0.25, 0.3) is 5.91 Å². The van der Waals surface area contributed by atoms with Gasteiger partial charge in [0.15, 0.2) is 0 Å².